The van der Waals surface area contributed by atoms with E-state index in [4.69, 9.17) is 14.2 Å². The molecule has 0 amide bonds. The summed E-state index contributed by atoms with van der Waals surface area (Å²) in [6, 6.07) is 13.6. The number of benzene rings is 2. The molecule has 6 heteroatoms. The van der Waals surface area contributed by atoms with Crippen LogP contribution in [0.3, 0.4) is 0 Å². The number of rotatable bonds is 3. The SMILES string of the molecule is CCOC(=O)OCc1cc2ccc3ccccc3c2n1C(=O)OC(C)(C)C. The Hall–Kier alpha value is -3.02. The van der Waals surface area contributed by atoms with Crippen LogP contribution in [0.1, 0.15) is 33.4 Å². The van der Waals surface area contributed by atoms with E-state index in [9.17, 15) is 9.59 Å². The molecule has 0 N–H and O–H groups in total. The minimum absolute atomic E-state index is 0.0961. The van der Waals surface area contributed by atoms with Gasteiger partial charge < -0.3 is 14.2 Å². The number of aromatic nitrogens is 1. The lowest BCUT2D eigenvalue weighted by atomic mass is 10.1. The fraction of sp³-hybridized carbons (Fsp3) is 0.333. The average Bonchev–Trinajstić information content (AvgIpc) is 2.98. The summed E-state index contributed by atoms with van der Waals surface area (Å²) in [6.07, 6.45) is -1.29. The fourth-order valence-corrected chi connectivity index (χ4v) is 2.94. The summed E-state index contributed by atoms with van der Waals surface area (Å²) in [5, 5.41) is 2.79. The second-order valence-corrected chi connectivity index (χ2v) is 7.15. The first-order valence-corrected chi connectivity index (χ1v) is 8.85. The van der Waals surface area contributed by atoms with Crippen molar-refractivity contribution in [3.8, 4) is 0 Å². The van der Waals surface area contributed by atoms with E-state index in [1.807, 2.05) is 63.2 Å². The maximum absolute atomic E-state index is 12.9. The van der Waals surface area contributed by atoms with Crippen LogP contribution in [-0.2, 0) is 20.8 Å². The fourth-order valence-electron chi connectivity index (χ4n) is 2.94. The van der Waals surface area contributed by atoms with E-state index >= 15 is 0 Å². The number of carbonyl (C=O) groups excluding carboxylic acids is 2. The third-order valence-corrected chi connectivity index (χ3v) is 3.94. The van der Waals surface area contributed by atoms with Gasteiger partial charge in [-0.1, -0.05) is 36.4 Å². The molecule has 27 heavy (non-hydrogen) atoms. The van der Waals surface area contributed by atoms with Crippen LogP contribution in [0.25, 0.3) is 21.7 Å². The third-order valence-electron chi connectivity index (χ3n) is 3.94. The summed E-state index contributed by atoms with van der Waals surface area (Å²) in [6.45, 7) is 7.25. The van der Waals surface area contributed by atoms with Gasteiger partial charge in [0.05, 0.1) is 17.8 Å². The van der Waals surface area contributed by atoms with Crippen LogP contribution in [0.5, 0.6) is 0 Å². The first-order chi connectivity index (χ1) is 12.8. The Morgan fingerprint density at radius 3 is 2.41 bits per heavy atom. The van der Waals surface area contributed by atoms with Gasteiger partial charge in [0.2, 0.25) is 0 Å². The van der Waals surface area contributed by atoms with Crippen LogP contribution in [0.4, 0.5) is 9.59 Å². The van der Waals surface area contributed by atoms with Gasteiger partial charge in [-0.25, -0.2) is 14.2 Å². The summed E-state index contributed by atoms with van der Waals surface area (Å²) >= 11 is 0. The maximum atomic E-state index is 12.9. The molecule has 0 aliphatic heterocycles. The molecule has 6 nitrogen and oxygen atoms in total. The second-order valence-electron chi connectivity index (χ2n) is 7.15. The number of ether oxygens (including phenoxy) is 3. The Morgan fingerprint density at radius 1 is 1.00 bits per heavy atom. The molecule has 0 atom stereocenters. The zero-order valence-electron chi connectivity index (χ0n) is 15.9. The molecule has 0 spiro atoms. The first-order valence-electron chi connectivity index (χ1n) is 8.85. The van der Waals surface area contributed by atoms with E-state index in [2.05, 4.69) is 0 Å². The van der Waals surface area contributed by atoms with Crippen LogP contribution < -0.4 is 0 Å². The molecule has 0 bridgehead atoms. The zero-order chi connectivity index (χ0) is 19.6. The minimum atomic E-state index is -0.775. The van der Waals surface area contributed by atoms with Gasteiger partial charge in [0, 0.05) is 10.8 Å². The molecule has 0 fully saturated rings. The lowest BCUT2D eigenvalue weighted by Gasteiger charge is -2.21. The largest absolute Gasteiger partial charge is 0.508 e. The van der Waals surface area contributed by atoms with Gasteiger partial charge in [-0.15, -0.1) is 0 Å². The second kappa shape index (κ2) is 7.31. The summed E-state index contributed by atoms with van der Waals surface area (Å²) < 4.78 is 17.0. The summed E-state index contributed by atoms with van der Waals surface area (Å²) in [5.41, 5.74) is 0.589. The standard InChI is InChI=1S/C21H23NO5/c1-5-25-20(24)26-13-16-12-15-11-10-14-8-6-7-9-17(14)18(15)22(16)19(23)27-21(2,3)4/h6-12H,5,13H2,1-4H3. The van der Waals surface area contributed by atoms with Crippen molar-refractivity contribution < 1.29 is 23.8 Å². The average molecular weight is 369 g/mol. The van der Waals surface area contributed by atoms with Crippen LogP contribution >= 0.6 is 0 Å². The highest BCUT2D eigenvalue weighted by molar-refractivity contribution is 6.09. The van der Waals surface area contributed by atoms with Crippen molar-refractivity contribution in [2.24, 2.45) is 0 Å². The Balaban J connectivity index is 2.13. The highest BCUT2D eigenvalue weighted by Gasteiger charge is 2.24. The summed E-state index contributed by atoms with van der Waals surface area (Å²) in [7, 11) is 0. The highest BCUT2D eigenvalue weighted by atomic mass is 16.7. The molecule has 0 aliphatic carbocycles. The van der Waals surface area contributed by atoms with Gasteiger partial charge in [0.15, 0.2) is 0 Å². The predicted octanol–water partition coefficient (Wildman–Crippen LogP) is 5.25. The molecule has 0 radical (unpaired) electrons. The first kappa shape index (κ1) is 18.8. The highest BCUT2D eigenvalue weighted by Crippen LogP contribution is 2.29. The van der Waals surface area contributed by atoms with E-state index in [-0.39, 0.29) is 13.2 Å². The van der Waals surface area contributed by atoms with Gasteiger partial charge in [-0.3, -0.25) is 0 Å². The number of nitrogens with zero attached hydrogens (tertiary/aromatic N) is 1. The lowest BCUT2D eigenvalue weighted by Crippen LogP contribution is -2.28. The van der Waals surface area contributed by atoms with Crippen molar-refractivity contribution in [2.45, 2.75) is 39.9 Å². The molecule has 1 aromatic heterocycles. The Labute approximate surface area is 157 Å². The van der Waals surface area contributed by atoms with Crippen molar-refractivity contribution >= 4 is 33.9 Å². The van der Waals surface area contributed by atoms with Crippen molar-refractivity contribution in [1.29, 1.82) is 0 Å². The van der Waals surface area contributed by atoms with E-state index < -0.39 is 17.8 Å². The molecule has 3 rings (SSSR count). The molecule has 0 saturated carbocycles. The van der Waals surface area contributed by atoms with Gasteiger partial charge in [0.1, 0.15) is 12.2 Å². The molecule has 1 heterocycles. The van der Waals surface area contributed by atoms with Crippen molar-refractivity contribution in [1.82, 2.24) is 4.57 Å². The quantitative estimate of drug-likeness (QED) is 0.590. The molecule has 0 saturated heterocycles. The summed E-state index contributed by atoms with van der Waals surface area (Å²) in [4.78, 5) is 24.5. The topological polar surface area (TPSA) is 66.8 Å². The van der Waals surface area contributed by atoms with Crippen molar-refractivity contribution in [2.75, 3.05) is 6.61 Å². The third kappa shape index (κ3) is 4.05. The Kier molecular flexibility index (Phi) is 5.08. The minimum Gasteiger partial charge on any atom is -0.443 e. The van der Waals surface area contributed by atoms with Crippen LogP contribution in [0, 0.1) is 0 Å². The number of carbonyl (C=O) groups is 2. The normalized spacial score (nSPS) is 11.6. The molecule has 2 aromatic carbocycles. The molecular formula is C21H23NO5. The van der Waals surface area contributed by atoms with Crippen molar-refractivity contribution in [3.63, 3.8) is 0 Å². The number of hydrogen-bond acceptors (Lipinski definition) is 5. The molecule has 0 unspecified atom stereocenters. The van der Waals surface area contributed by atoms with Gasteiger partial charge in [0.25, 0.3) is 0 Å². The van der Waals surface area contributed by atoms with Gasteiger partial charge in [-0.05, 0) is 39.1 Å². The van der Waals surface area contributed by atoms with E-state index in [1.54, 1.807) is 6.92 Å². The van der Waals surface area contributed by atoms with Gasteiger partial charge >= 0.3 is 12.2 Å². The van der Waals surface area contributed by atoms with Gasteiger partial charge in [-0.2, -0.15) is 0 Å². The van der Waals surface area contributed by atoms with E-state index in [0.29, 0.717) is 5.69 Å². The maximum Gasteiger partial charge on any atom is 0.508 e. The van der Waals surface area contributed by atoms with Crippen LogP contribution in [0.2, 0.25) is 0 Å². The van der Waals surface area contributed by atoms with Crippen LogP contribution in [-0.4, -0.2) is 29.0 Å². The van der Waals surface area contributed by atoms with Crippen LogP contribution in [0.15, 0.2) is 42.5 Å². The molecule has 142 valence electrons. The number of fused-ring (bicyclic) bond motifs is 3. The molecule has 0 aliphatic rings. The van der Waals surface area contributed by atoms with Crippen molar-refractivity contribution in [3.05, 3.63) is 48.2 Å². The predicted molar refractivity (Wildman–Crippen MR) is 103 cm³/mol. The smallest absolute Gasteiger partial charge is 0.443 e. The monoisotopic (exact) mass is 369 g/mol. The summed E-state index contributed by atoms with van der Waals surface area (Å²) in [5.74, 6) is 0. The number of hydrogen-bond donors (Lipinski definition) is 0. The Bertz CT molecular complexity index is 997. The zero-order valence-corrected chi connectivity index (χ0v) is 15.9. The van der Waals surface area contributed by atoms with E-state index in [0.717, 1.165) is 21.7 Å². The van der Waals surface area contributed by atoms with E-state index in [1.165, 1.54) is 4.57 Å². The molecular weight excluding hydrogens is 346 g/mol. The Morgan fingerprint density at radius 2 is 1.70 bits per heavy atom. The molecule has 3 aromatic rings. The lowest BCUT2D eigenvalue weighted by molar-refractivity contribution is 0.0449.